The Morgan fingerprint density at radius 3 is 2.00 bits per heavy atom. The van der Waals surface area contributed by atoms with Gasteiger partial charge in [0.25, 0.3) is 0 Å². The van der Waals surface area contributed by atoms with Crippen LogP contribution in [-0.4, -0.2) is 45.9 Å². The minimum atomic E-state index is -1.63. The van der Waals surface area contributed by atoms with E-state index < -0.39 is 10.4 Å². The van der Waals surface area contributed by atoms with Crippen molar-refractivity contribution in [2.24, 2.45) is 0 Å². The third kappa shape index (κ3) is 8.81. The highest BCUT2D eigenvalue weighted by molar-refractivity contribution is 9.00. The average molecular weight is 329 g/mol. The maximum absolute atomic E-state index is 10.8. The first-order valence-corrected chi connectivity index (χ1v) is 12.0. The Morgan fingerprint density at radius 2 is 1.72 bits per heavy atom. The van der Waals surface area contributed by atoms with E-state index in [1.54, 1.807) is 0 Å². The summed E-state index contributed by atoms with van der Waals surface area (Å²) in [6.45, 7) is 11.4. The van der Waals surface area contributed by atoms with E-state index in [-0.39, 0.29) is 6.54 Å². The molecule has 0 aromatic rings. The van der Waals surface area contributed by atoms with Crippen molar-refractivity contribution in [1.82, 2.24) is 4.90 Å². The second-order valence-corrected chi connectivity index (χ2v) is 17.4. The van der Waals surface area contributed by atoms with Crippen molar-refractivity contribution >= 4 is 45.0 Å². The Bertz CT molecular complexity index is 297. The van der Waals surface area contributed by atoms with Crippen molar-refractivity contribution in [3.05, 3.63) is 0 Å². The van der Waals surface area contributed by atoms with Gasteiger partial charge in [-0.2, -0.15) is 0 Å². The molecule has 18 heavy (non-hydrogen) atoms. The molecule has 0 aliphatic rings. The lowest BCUT2D eigenvalue weighted by Crippen LogP contribution is -2.30. The molecule has 0 radical (unpaired) electrons. The molecule has 0 saturated carbocycles. The zero-order valence-electron chi connectivity index (χ0n) is 11.8. The van der Waals surface area contributed by atoms with Gasteiger partial charge < -0.3 is 5.11 Å². The number of likely N-dealkylation sites (N-methyl/N-ethyl adjacent to an activating group) is 1. The Kier molecular flexibility index (Phi) is 9.24. The molecule has 0 aromatic carbocycles. The Hall–Kier alpha value is 0.780. The number of carboxylic acids is 1. The number of hydrogen-bond donors (Lipinski definition) is 1. The van der Waals surface area contributed by atoms with Crippen molar-refractivity contribution in [3.8, 4) is 0 Å². The molecule has 1 N–H and O–H groups in total. The van der Waals surface area contributed by atoms with E-state index in [1.807, 2.05) is 34.6 Å². The van der Waals surface area contributed by atoms with Gasteiger partial charge in [-0.15, -0.1) is 22.8 Å². The van der Waals surface area contributed by atoms with Crippen LogP contribution in [0.2, 0.25) is 0 Å². The van der Waals surface area contributed by atoms with Gasteiger partial charge in [-0.05, 0) is 6.54 Å². The summed E-state index contributed by atoms with van der Waals surface area (Å²) in [5.74, 6) is -0.775. The molecule has 7 heteroatoms. The van der Waals surface area contributed by atoms with E-state index in [9.17, 15) is 4.79 Å². The molecule has 0 rings (SSSR count). The predicted molar refractivity (Wildman–Crippen MR) is 89.5 cm³/mol. The van der Waals surface area contributed by atoms with Crippen LogP contribution in [0, 0.1) is 0 Å². The molecule has 0 aliphatic heterocycles. The first-order chi connectivity index (χ1) is 8.18. The van der Waals surface area contributed by atoms with Gasteiger partial charge in [0.05, 0.1) is 11.0 Å². The van der Waals surface area contributed by atoms with E-state index in [0.717, 1.165) is 12.8 Å². The number of carboxylic acid groups (broad SMARTS) is 1. The SMILES string of the molecule is CCN(CC(=O)O)CP(=S)(SC(C)C)SC(C)C. The third-order valence-corrected chi connectivity index (χ3v) is 12.7. The van der Waals surface area contributed by atoms with Crippen LogP contribution in [0.1, 0.15) is 34.6 Å². The number of nitrogens with zero attached hydrogens (tertiary/aromatic N) is 1. The molecule has 3 nitrogen and oxygen atoms in total. The number of aliphatic carboxylic acids is 1. The predicted octanol–water partition coefficient (Wildman–Crippen LogP) is 3.94. The molecule has 0 unspecified atom stereocenters. The minimum absolute atomic E-state index is 0.0895. The van der Waals surface area contributed by atoms with E-state index in [2.05, 4.69) is 27.7 Å². The lowest BCUT2D eigenvalue weighted by molar-refractivity contribution is -0.138. The fourth-order valence-electron chi connectivity index (χ4n) is 1.43. The van der Waals surface area contributed by atoms with Crippen molar-refractivity contribution in [1.29, 1.82) is 0 Å². The van der Waals surface area contributed by atoms with E-state index in [4.69, 9.17) is 16.9 Å². The van der Waals surface area contributed by atoms with Crippen LogP contribution in [0.15, 0.2) is 0 Å². The Balaban J connectivity index is 4.74. The molecule has 0 heterocycles. The summed E-state index contributed by atoms with van der Waals surface area (Å²) in [5, 5.41) is 9.88. The highest BCUT2D eigenvalue weighted by Crippen LogP contribution is 2.71. The largest absolute Gasteiger partial charge is 0.480 e. The summed E-state index contributed by atoms with van der Waals surface area (Å²) in [6, 6.07) is 0. The van der Waals surface area contributed by atoms with Crippen LogP contribution in [-0.2, 0) is 16.6 Å². The van der Waals surface area contributed by atoms with Crippen molar-refractivity contribution < 1.29 is 9.90 Å². The average Bonchev–Trinajstić information content (AvgIpc) is 2.12. The van der Waals surface area contributed by atoms with Gasteiger partial charge in [0.2, 0.25) is 0 Å². The third-order valence-electron chi connectivity index (χ3n) is 1.92. The minimum Gasteiger partial charge on any atom is -0.480 e. The summed E-state index contributed by atoms with van der Waals surface area (Å²) in [5.41, 5.74) is 0. The molecule has 0 spiro atoms. The zero-order chi connectivity index (χ0) is 14.3. The van der Waals surface area contributed by atoms with Crippen molar-refractivity contribution in [3.63, 3.8) is 0 Å². The normalized spacial score (nSPS) is 12.7. The van der Waals surface area contributed by atoms with Crippen LogP contribution in [0.25, 0.3) is 0 Å². The van der Waals surface area contributed by atoms with Crippen LogP contribution >= 0.6 is 27.2 Å². The molecule has 0 atom stereocenters. The highest BCUT2D eigenvalue weighted by Gasteiger charge is 2.25. The molecule has 0 aliphatic carbocycles. The maximum Gasteiger partial charge on any atom is 0.317 e. The molecular formula is C11H24NO2PS3. The lowest BCUT2D eigenvalue weighted by atomic mass is 10.5. The topological polar surface area (TPSA) is 40.5 Å². The molecule has 0 saturated heterocycles. The monoisotopic (exact) mass is 329 g/mol. The highest BCUT2D eigenvalue weighted by atomic mass is 33.2. The standard InChI is InChI=1S/C11H24NO2PS3/c1-6-12(7-11(13)14)8-15(16,17-9(2)3)18-10(4)5/h9-10H,6-8H2,1-5H3,(H,13,14). The van der Waals surface area contributed by atoms with Gasteiger partial charge in [0.1, 0.15) is 0 Å². The summed E-state index contributed by atoms with van der Waals surface area (Å²) >= 11 is 9.56. The maximum atomic E-state index is 10.8. The van der Waals surface area contributed by atoms with Gasteiger partial charge in [0.15, 0.2) is 0 Å². The smallest absolute Gasteiger partial charge is 0.317 e. The number of rotatable bonds is 9. The van der Waals surface area contributed by atoms with Gasteiger partial charge in [-0.3, -0.25) is 9.69 Å². The Labute approximate surface area is 124 Å². The summed E-state index contributed by atoms with van der Waals surface area (Å²) in [6.07, 6.45) is 0.733. The van der Waals surface area contributed by atoms with Gasteiger partial charge in [-0.1, -0.05) is 46.4 Å². The lowest BCUT2D eigenvalue weighted by Gasteiger charge is -2.30. The van der Waals surface area contributed by atoms with Crippen molar-refractivity contribution in [2.45, 2.75) is 45.1 Å². The van der Waals surface area contributed by atoms with Gasteiger partial charge >= 0.3 is 5.97 Å². The van der Waals surface area contributed by atoms with Crippen LogP contribution in [0.3, 0.4) is 0 Å². The van der Waals surface area contributed by atoms with Crippen molar-refractivity contribution in [2.75, 3.05) is 19.4 Å². The fourth-order valence-corrected chi connectivity index (χ4v) is 16.2. The molecule has 0 amide bonds. The second-order valence-electron chi connectivity index (χ2n) is 4.60. The van der Waals surface area contributed by atoms with E-state index >= 15 is 0 Å². The molecular weight excluding hydrogens is 305 g/mol. The second kappa shape index (κ2) is 8.85. The zero-order valence-corrected chi connectivity index (χ0v) is 15.1. The molecule has 0 aromatic heterocycles. The first kappa shape index (κ1) is 18.8. The summed E-state index contributed by atoms with van der Waals surface area (Å²) in [7, 11) is 0. The molecule has 0 fully saturated rings. The van der Waals surface area contributed by atoms with Gasteiger partial charge in [-0.25, -0.2) is 0 Å². The molecule has 108 valence electrons. The van der Waals surface area contributed by atoms with Crippen LogP contribution < -0.4 is 0 Å². The summed E-state index contributed by atoms with van der Waals surface area (Å²) in [4.78, 5) is 12.8. The Morgan fingerprint density at radius 1 is 1.28 bits per heavy atom. The van der Waals surface area contributed by atoms with Crippen LogP contribution in [0.5, 0.6) is 0 Å². The fraction of sp³-hybridized carbons (Fsp3) is 0.909. The summed E-state index contributed by atoms with van der Waals surface area (Å²) < 4.78 is -1.63. The van der Waals surface area contributed by atoms with Gasteiger partial charge in [0, 0.05) is 16.8 Å². The first-order valence-electron chi connectivity index (χ1n) is 6.08. The number of carbonyl (C=O) groups is 1. The quantitative estimate of drug-likeness (QED) is 0.646. The number of hydrogen-bond acceptors (Lipinski definition) is 5. The van der Waals surface area contributed by atoms with Crippen LogP contribution in [0.4, 0.5) is 0 Å². The molecule has 0 bridgehead atoms. The van der Waals surface area contributed by atoms with E-state index in [0.29, 0.717) is 10.5 Å². The van der Waals surface area contributed by atoms with E-state index in [1.165, 1.54) is 0 Å².